The van der Waals surface area contributed by atoms with Crippen molar-refractivity contribution in [1.82, 2.24) is 4.57 Å². The number of carbonyl (C=O) groups excluding carboxylic acids is 2. The number of fused-ring (bicyclic) bond motifs is 1. The maximum atomic E-state index is 14.3. The molecule has 3 rings (SSSR count). The third kappa shape index (κ3) is 4.91. The summed E-state index contributed by atoms with van der Waals surface area (Å²) in [5.74, 6) is -1.64. The molecule has 31 heavy (non-hydrogen) atoms. The van der Waals surface area contributed by atoms with Crippen LogP contribution in [-0.2, 0) is 37.1 Å². The SMILES string of the molecule is COC(=O)Cn1c(=NC(=O)Cc2ccc(S(=O)(=O)C(C)C)cc2)sc2cccc(F)c21. The summed E-state index contributed by atoms with van der Waals surface area (Å²) in [6, 6.07) is 10.5. The first-order chi connectivity index (χ1) is 14.6. The Kier molecular flexibility index (Phi) is 6.71. The number of sulfone groups is 1. The molecule has 0 bridgehead atoms. The average molecular weight is 465 g/mol. The molecule has 0 saturated carbocycles. The number of thiazole rings is 1. The molecule has 0 aliphatic carbocycles. The number of para-hydroxylation sites is 1. The second-order valence-electron chi connectivity index (χ2n) is 7.05. The zero-order valence-electron chi connectivity index (χ0n) is 17.2. The Morgan fingerprint density at radius 2 is 1.84 bits per heavy atom. The fourth-order valence-electron chi connectivity index (χ4n) is 2.90. The summed E-state index contributed by atoms with van der Waals surface area (Å²) < 4.78 is 45.3. The number of aromatic nitrogens is 1. The van der Waals surface area contributed by atoms with Crippen molar-refractivity contribution in [3.05, 3.63) is 58.6 Å². The fraction of sp³-hybridized carbons (Fsp3) is 0.286. The highest BCUT2D eigenvalue weighted by atomic mass is 32.2. The fourth-order valence-corrected chi connectivity index (χ4v) is 5.02. The molecule has 10 heteroatoms. The van der Waals surface area contributed by atoms with Crippen LogP contribution in [0.25, 0.3) is 10.2 Å². The van der Waals surface area contributed by atoms with Gasteiger partial charge in [-0.25, -0.2) is 12.8 Å². The van der Waals surface area contributed by atoms with E-state index in [0.717, 1.165) is 11.3 Å². The van der Waals surface area contributed by atoms with Crippen LogP contribution in [0.1, 0.15) is 19.4 Å². The van der Waals surface area contributed by atoms with Gasteiger partial charge in [0.2, 0.25) is 0 Å². The van der Waals surface area contributed by atoms with E-state index in [-0.39, 0.29) is 28.2 Å². The number of hydrogen-bond acceptors (Lipinski definition) is 6. The second kappa shape index (κ2) is 9.11. The van der Waals surface area contributed by atoms with Crippen LogP contribution in [0.4, 0.5) is 4.39 Å². The molecule has 1 aromatic heterocycles. The van der Waals surface area contributed by atoms with Gasteiger partial charge in [0.15, 0.2) is 14.6 Å². The number of ether oxygens (including phenoxy) is 1. The molecule has 0 aliphatic rings. The van der Waals surface area contributed by atoms with E-state index >= 15 is 0 Å². The van der Waals surface area contributed by atoms with Crippen molar-refractivity contribution in [3.63, 3.8) is 0 Å². The monoisotopic (exact) mass is 464 g/mol. The van der Waals surface area contributed by atoms with Gasteiger partial charge in [-0.1, -0.05) is 29.5 Å². The number of benzene rings is 2. The first-order valence-electron chi connectivity index (χ1n) is 9.38. The van der Waals surface area contributed by atoms with Crippen LogP contribution in [0, 0.1) is 5.82 Å². The molecular weight excluding hydrogens is 443 g/mol. The minimum absolute atomic E-state index is 0.0725. The topological polar surface area (TPSA) is 94.8 Å². The molecule has 7 nitrogen and oxygen atoms in total. The zero-order valence-corrected chi connectivity index (χ0v) is 18.8. The maximum absolute atomic E-state index is 14.3. The number of halogens is 1. The molecule has 0 saturated heterocycles. The lowest BCUT2D eigenvalue weighted by atomic mass is 10.1. The van der Waals surface area contributed by atoms with E-state index in [1.807, 2.05) is 0 Å². The van der Waals surface area contributed by atoms with Crippen LogP contribution >= 0.6 is 11.3 Å². The van der Waals surface area contributed by atoms with E-state index in [1.54, 1.807) is 32.0 Å². The van der Waals surface area contributed by atoms with Crippen LogP contribution in [-0.4, -0.2) is 37.2 Å². The molecule has 0 N–H and O–H groups in total. The van der Waals surface area contributed by atoms with Gasteiger partial charge in [0, 0.05) is 0 Å². The van der Waals surface area contributed by atoms with Gasteiger partial charge in [-0.15, -0.1) is 0 Å². The van der Waals surface area contributed by atoms with Crippen LogP contribution in [0.5, 0.6) is 0 Å². The number of methoxy groups -OCH3 is 1. The van der Waals surface area contributed by atoms with Crippen molar-refractivity contribution in [2.45, 2.75) is 37.0 Å². The molecule has 1 heterocycles. The molecule has 3 aromatic rings. The van der Waals surface area contributed by atoms with Gasteiger partial charge in [0.05, 0.1) is 33.9 Å². The zero-order chi connectivity index (χ0) is 22.8. The predicted octanol–water partition coefficient (Wildman–Crippen LogP) is 2.87. The van der Waals surface area contributed by atoms with Gasteiger partial charge in [-0.3, -0.25) is 9.59 Å². The van der Waals surface area contributed by atoms with E-state index in [1.165, 1.54) is 35.9 Å². The molecule has 164 valence electrons. The van der Waals surface area contributed by atoms with Crippen molar-refractivity contribution in [1.29, 1.82) is 0 Å². The first-order valence-corrected chi connectivity index (χ1v) is 11.7. The molecule has 0 fully saturated rings. The van der Waals surface area contributed by atoms with Crippen LogP contribution in [0.15, 0.2) is 52.4 Å². The summed E-state index contributed by atoms with van der Waals surface area (Å²) >= 11 is 1.09. The third-order valence-corrected chi connectivity index (χ3v) is 7.83. The highest BCUT2D eigenvalue weighted by Gasteiger charge is 2.19. The van der Waals surface area contributed by atoms with Gasteiger partial charge in [-0.05, 0) is 43.7 Å². The minimum Gasteiger partial charge on any atom is -0.468 e. The van der Waals surface area contributed by atoms with E-state index < -0.39 is 32.8 Å². The van der Waals surface area contributed by atoms with Crippen molar-refractivity contribution in [2.24, 2.45) is 4.99 Å². The van der Waals surface area contributed by atoms with Gasteiger partial charge >= 0.3 is 5.97 Å². The van der Waals surface area contributed by atoms with Crippen molar-refractivity contribution < 1.29 is 27.1 Å². The summed E-state index contributed by atoms with van der Waals surface area (Å²) in [6.07, 6.45) is -0.0725. The average Bonchev–Trinajstić information content (AvgIpc) is 3.06. The van der Waals surface area contributed by atoms with Crippen molar-refractivity contribution >= 4 is 43.3 Å². The van der Waals surface area contributed by atoms with Crippen LogP contribution in [0.3, 0.4) is 0 Å². The van der Waals surface area contributed by atoms with Gasteiger partial charge in [0.25, 0.3) is 5.91 Å². The summed E-state index contributed by atoms with van der Waals surface area (Å²) in [4.78, 5) is 28.8. The summed E-state index contributed by atoms with van der Waals surface area (Å²) in [6.45, 7) is 2.91. The first kappa shape index (κ1) is 22.8. The second-order valence-corrected chi connectivity index (χ2v) is 10.6. The van der Waals surface area contributed by atoms with E-state index in [4.69, 9.17) is 0 Å². The van der Waals surface area contributed by atoms with Gasteiger partial charge in [0.1, 0.15) is 12.4 Å². The molecule has 2 aromatic carbocycles. The summed E-state index contributed by atoms with van der Waals surface area (Å²) in [7, 11) is -2.18. The number of hydrogen-bond donors (Lipinski definition) is 0. The van der Waals surface area contributed by atoms with Crippen LogP contribution in [0.2, 0.25) is 0 Å². The molecule has 0 radical (unpaired) electrons. The smallest absolute Gasteiger partial charge is 0.325 e. The van der Waals surface area contributed by atoms with Gasteiger partial charge < -0.3 is 9.30 Å². The van der Waals surface area contributed by atoms with E-state index in [9.17, 15) is 22.4 Å². The van der Waals surface area contributed by atoms with E-state index in [2.05, 4.69) is 9.73 Å². The Morgan fingerprint density at radius 3 is 2.45 bits per heavy atom. The maximum Gasteiger partial charge on any atom is 0.325 e. The van der Waals surface area contributed by atoms with Crippen LogP contribution < -0.4 is 4.80 Å². The third-order valence-electron chi connectivity index (χ3n) is 4.61. The number of nitrogens with zero attached hydrogens (tertiary/aromatic N) is 2. The predicted molar refractivity (Wildman–Crippen MR) is 115 cm³/mol. The molecule has 0 atom stereocenters. The Bertz CT molecular complexity index is 1310. The summed E-state index contributed by atoms with van der Waals surface area (Å²) in [5, 5.41) is -0.548. The highest BCUT2D eigenvalue weighted by molar-refractivity contribution is 7.92. The molecule has 0 spiro atoms. The Hall–Kier alpha value is -2.85. The largest absolute Gasteiger partial charge is 0.468 e. The van der Waals surface area contributed by atoms with Crippen molar-refractivity contribution in [2.75, 3.05) is 7.11 Å². The lowest BCUT2D eigenvalue weighted by Gasteiger charge is -2.08. The Morgan fingerprint density at radius 1 is 1.16 bits per heavy atom. The number of carbonyl (C=O) groups is 2. The Balaban J connectivity index is 1.93. The van der Waals surface area contributed by atoms with Crippen molar-refractivity contribution in [3.8, 4) is 0 Å². The Labute approximate surface area is 182 Å². The standard InChI is InChI=1S/C21H21FN2O5S2/c1-13(2)31(27,28)15-9-7-14(8-10-15)11-18(25)23-21-24(12-19(26)29-3)20-16(22)5-4-6-17(20)30-21/h4-10,13H,11-12H2,1-3H3. The van der Waals surface area contributed by atoms with E-state index in [0.29, 0.717) is 10.3 Å². The molecular formula is C21H21FN2O5S2. The number of amides is 1. The lowest BCUT2D eigenvalue weighted by Crippen LogP contribution is -2.23. The van der Waals surface area contributed by atoms with Gasteiger partial charge in [-0.2, -0.15) is 4.99 Å². The molecule has 0 aliphatic heterocycles. The number of rotatable bonds is 6. The quantitative estimate of drug-likeness (QED) is 0.523. The normalized spacial score (nSPS) is 12.5. The highest BCUT2D eigenvalue weighted by Crippen LogP contribution is 2.21. The molecule has 0 unspecified atom stereocenters. The lowest BCUT2D eigenvalue weighted by molar-refractivity contribution is -0.141. The number of esters is 1. The molecule has 1 amide bonds. The summed E-state index contributed by atoms with van der Waals surface area (Å²) in [5.41, 5.74) is 0.760. The minimum atomic E-state index is -3.40.